The molecule has 1 saturated carbocycles. The van der Waals surface area contributed by atoms with Gasteiger partial charge < -0.3 is 21.7 Å². The Morgan fingerprint density at radius 3 is 1.85 bits per heavy atom. The molecule has 6 heteroatoms. The summed E-state index contributed by atoms with van der Waals surface area (Å²) in [5.74, 6) is -2.15. The first-order valence-corrected chi connectivity index (χ1v) is 6.89. The number of carboxylic acid groups (broad SMARTS) is 2. The monoisotopic (exact) mass is 288 g/mol. The second-order valence-corrected chi connectivity index (χ2v) is 6.81. The first kappa shape index (κ1) is 18.9. The average molecular weight is 288 g/mol. The molecular formula is C14H28N2O4. The summed E-state index contributed by atoms with van der Waals surface area (Å²) in [5, 5.41) is 15.8. The normalized spacial score (nSPS) is 28.1. The van der Waals surface area contributed by atoms with Crippen LogP contribution >= 0.6 is 0 Å². The van der Waals surface area contributed by atoms with Gasteiger partial charge in [0.1, 0.15) is 0 Å². The maximum atomic E-state index is 9.64. The van der Waals surface area contributed by atoms with Crippen molar-refractivity contribution in [3.63, 3.8) is 0 Å². The standard InChI is InChI=1S/C10H22N2.C4H6O4/c1-9(2)4-8(12)5-10(3,6-9)7-11;5-3(6)1-2-4(7)8/h8H,4-7,11-12H2,1-3H3;1-2H2,(H,5,6)(H,7,8). The maximum absolute atomic E-state index is 9.64. The molecule has 1 fully saturated rings. The summed E-state index contributed by atoms with van der Waals surface area (Å²) >= 11 is 0. The van der Waals surface area contributed by atoms with Crippen molar-refractivity contribution in [2.24, 2.45) is 22.3 Å². The molecular weight excluding hydrogens is 260 g/mol. The second-order valence-electron chi connectivity index (χ2n) is 6.81. The van der Waals surface area contributed by atoms with Crippen molar-refractivity contribution in [1.82, 2.24) is 0 Å². The van der Waals surface area contributed by atoms with Gasteiger partial charge in [-0.15, -0.1) is 0 Å². The fraction of sp³-hybridized carbons (Fsp3) is 0.857. The summed E-state index contributed by atoms with van der Waals surface area (Å²) in [6, 6.07) is 0.349. The van der Waals surface area contributed by atoms with E-state index in [1.54, 1.807) is 0 Å². The van der Waals surface area contributed by atoms with Gasteiger partial charge in [-0.05, 0) is 36.6 Å². The SMILES string of the molecule is CC1(C)CC(N)CC(C)(CN)C1.O=C(O)CCC(=O)O. The van der Waals surface area contributed by atoms with Gasteiger partial charge in [0.15, 0.2) is 0 Å². The Bertz CT molecular complexity index is 330. The zero-order valence-corrected chi connectivity index (χ0v) is 12.7. The molecule has 0 heterocycles. The van der Waals surface area contributed by atoms with Crippen LogP contribution in [0.25, 0.3) is 0 Å². The number of hydrogen-bond donors (Lipinski definition) is 4. The van der Waals surface area contributed by atoms with Crippen LogP contribution in [0.5, 0.6) is 0 Å². The Kier molecular flexibility index (Phi) is 7.16. The second kappa shape index (κ2) is 7.59. The van der Waals surface area contributed by atoms with E-state index < -0.39 is 11.9 Å². The molecule has 2 atom stereocenters. The van der Waals surface area contributed by atoms with Crippen LogP contribution in [0.15, 0.2) is 0 Å². The van der Waals surface area contributed by atoms with Gasteiger partial charge >= 0.3 is 11.9 Å². The molecule has 0 bridgehead atoms. The lowest BCUT2D eigenvalue weighted by Crippen LogP contribution is -2.45. The number of carbonyl (C=O) groups is 2. The molecule has 0 aromatic carbocycles. The molecule has 20 heavy (non-hydrogen) atoms. The van der Waals surface area contributed by atoms with Gasteiger partial charge in [0.05, 0.1) is 12.8 Å². The van der Waals surface area contributed by atoms with E-state index in [9.17, 15) is 9.59 Å². The molecule has 1 aliphatic rings. The van der Waals surface area contributed by atoms with Gasteiger partial charge in [-0.3, -0.25) is 9.59 Å². The topological polar surface area (TPSA) is 127 Å². The summed E-state index contributed by atoms with van der Waals surface area (Å²) < 4.78 is 0. The van der Waals surface area contributed by atoms with Gasteiger partial charge in [-0.1, -0.05) is 20.8 Å². The summed E-state index contributed by atoms with van der Waals surface area (Å²) in [4.78, 5) is 19.3. The predicted molar refractivity (Wildman–Crippen MR) is 77.3 cm³/mol. The summed E-state index contributed by atoms with van der Waals surface area (Å²) in [6.07, 6.45) is 2.85. The Labute approximate surface area is 120 Å². The molecule has 2 unspecified atom stereocenters. The molecule has 0 saturated heterocycles. The van der Waals surface area contributed by atoms with E-state index in [4.69, 9.17) is 21.7 Å². The molecule has 0 aliphatic heterocycles. The van der Waals surface area contributed by atoms with E-state index in [0.29, 0.717) is 11.5 Å². The number of nitrogens with two attached hydrogens (primary N) is 2. The first-order chi connectivity index (χ1) is 8.99. The largest absolute Gasteiger partial charge is 0.481 e. The van der Waals surface area contributed by atoms with E-state index in [-0.39, 0.29) is 18.3 Å². The van der Waals surface area contributed by atoms with Crippen molar-refractivity contribution in [1.29, 1.82) is 0 Å². The zero-order valence-electron chi connectivity index (χ0n) is 12.7. The van der Waals surface area contributed by atoms with Crippen LogP contribution in [0.2, 0.25) is 0 Å². The number of rotatable bonds is 4. The van der Waals surface area contributed by atoms with Crippen molar-refractivity contribution < 1.29 is 19.8 Å². The van der Waals surface area contributed by atoms with Gasteiger partial charge in [-0.25, -0.2) is 0 Å². The molecule has 0 aromatic heterocycles. The van der Waals surface area contributed by atoms with Crippen molar-refractivity contribution >= 4 is 11.9 Å². The van der Waals surface area contributed by atoms with E-state index in [1.807, 2.05) is 0 Å². The van der Waals surface area contributed by atoms with Crippen molar-refractivity contribution in [3.05, 3.63) is 0 Å². The minimum absolute atomic E-state index is 0.279. The van der Waals surface area contributed by atoms with Crippen molar-refractivity contribution in [2.75, 3.05) is 6.54 Å². The van der Waals surface area contributed by atoms with Crippen LogP contribution in [0.1, 0.15) is 52.9 Å². The minimum atomic E-state index is -1.08. The van der Waals surface area contributed by atoms with Gasteiger partial charge in [-0.2, -0.15) is 0 Å². The van der Waals surface area contributed by atoms with Gasteiger partial charge in [0.2, 0.25) is 0 Å². The van der Waals surface area contributed by atoms with Crippen LogP contribution in [0.4, 0.5) is 0 Å². The summed E-state index contributed by atoms with van der Waals surface area (Å²) in [5.41, 5.74) is 12.4. The van der Waals surface area contributed by atoms with Gasteiger partial charge in [0.25, 0.3) is 0 Å². The lowest BCUT2D eigenvalue weighted by atomic mass is 9.63. The van der Waals surface area contributed by atoms with E-state index >= 15 is 0 Å². The highest BCUT2D eigenvalue weighted by Crippen LogP contribution is 2.44. The third-order valence-electron chi connectivity index (χ3n) is 3.52. The number of carboxylic acids is 2. The molecule has 118 valence electrons. The molecule has 0 amide bonds. The Balaban J connectivity index is 0.000000396. The third-order valence-corrected chi connectivity index (χ3v) is 3.52. The molecule has 6 nitrogen and oxygen atoms in total. The van der Waals surface area contributed by atoms with E-state index in [1.165, 1.54) is 6.42 Å². The Morgan fingerprint density at radius 1 is 1.10 bits per heavy atom. The Hall–Kier alpha value is -1.14. The van der Waals surface area contributed by atoms with Crippen LogP contribution < -0.4 is 11.5 Å². The fourth-order valence-corrected chi connectivity index (χ4v) is 3.08. The van der Waals surface area contributed by atoms with Crippen LogP contribution in [0, 0.1) is 10.8 Å². The van der Waals surface area contributed by atoms with Gasteiger partial charge in [0, 0.05) is 6.04 Å². The molecule has 0 aromatic rings. The van der Waals surface area contributed by atoms with Crippen LogP contribution in [-0.4, -0.2) is 34.7 Å². The summed E-state index contributed by atoms with van der Waals surface area (Å²) in [7, 11) is 0. The predicted octanol–water partition coefficient (Wildman–Crippen LogP) is 1.42. The number of hydrogen-bond acceptors (Lipinski definition) is 4. The lowest BCUT2D eigenvalue weighted by Gasteiger charge is -2.45. The molecule has 6 N–H and O–H groups in total. The number of aliphatic carboxylic acids is 2. The first-order valence-electron chi connectivity index (χ1n) is 6.89. The quantitative estimate of drug-likeness (QED) is 0.619. The maximum Gasteiger partial charge on any atom is 0.303 e. The molecule has 0 spiro atoms. The van der Waals surface area contributed by atoms with Crippen molar-refractivity contribution in [3.8, 4) is 0 Å². The lowest BCUT2D eigenvalue weighted by molar-refractivity contribution is -0.143. The Morgan fingerprint density at radius 2 is 1.55 bits per heavy atom. The average Bonchev–Trinajstić information content (AvgIpc) is 2.24. The smallest absolute Gasteiger partial charge is 0.303 e. The van der Waals surface area contributed by atoms with Crippen LogP contribution in [0.3, 0.4) is 0 Å². The summed E-state index contributed by atoms with van der Waals surface area (Å²) in [6.45, 7) is 7.61. The third kappa shape index (κ3) is 8.12. The fourth-order valence-electron chi connectivity index (χ4n) is 3.08. The minimum Gasteiger partial charge on any atom is -0.481 e. The van der Waals surface area contributed by atoms with E-state index in [2.05, 4.69) is 20.8 Å². The molecule has 1 rings (SSSR count). The molecule has 1 aliphatic carbocycles. The van der Waals surface area contributed by atoms with Crippen LogP contribution in [-0.2, 0) is 9.59 Å². The zero-order chi connectivity index (χ0) is 16.0. The molecule has 0 radical (unpaired) electrons. The van der Waals surface area contributed by atoms with Crippen molar-refractivity contribution in [2.45, 2.75) is 58.9 Å². The highest BCUT2D eigenvalue weighted by molar-refractivity contribution is 5.75. The highest BCUT2D eigenvalue weighted by Gasteiger charge is 2.38. The van der Waals surface area contributed by atoms with E-state index in [0.717, 1.165) is 19.4 Å². The highest BCUT2D eigenvalue weighted by atomic mass is 16.4.